The van der Waals surface area contributed by atoms with Crippen LogP contribution >= 0.6 is 15.9 Å². The molecule has 1 heterocycles. The maximum atomic E-state index is 12.2. The normalized spacial score (nSPS) is 10.7. The summed E-state index contributed by atoms with van der Waals surface area (Å²) in [6.07, 6.45) is 0. The molecule has 0 bridgehead atoms. The highest BCUT2D eigenvalue weighted by Gasteiger charge is 2.18. The van der Waals surface area contributed by atoms with Gasteiger partial charge >= 0.3 is 5.97 Å². The molecular formula is C19H17BrN2O3. The minimum Gasteiger partial charge on any atom is -0.451 e. The number of hydrogen-bond donors (Lipinski definition) is 2. The lowest BCUT2D eigenvalue weighted by Gasteiger charge is -2.09. The summed E-state index contributed by atoms with van der Waals surface area (Å²) in [4.78, 5) is 27.3. The quantitative estimate of drug-likeness (QED) is 0.639. The fourth-order valence-electron chi connectivity index (χ4n) is 2.51. The standard InChI is InChI=1S/C19H17BrN2O3/c1-11-7-8-12(2)15(9-11)21-16(23)10-25-19(24)18-17(20)13-5-3-4-6-14(13)22-18/h3-9,22H,10H2,1-2H3,(H,21,23). The number of esters is 1. The summed E-state index contributed by atoms with van der Waals surface area (Å²) in [5.74, 6) is -0.964. The topological polar surface area (TPSA) is 71.2 Å². The second kappa shape index (κ2) is 7.11. The van der Waals surface area contributed by atoms with Crippen LogP contribution in [-0.2, 0) is 9.53 Å². The summed E-state index contributed by atoms with van der Waals surface area (Å²) >= 11 is 3.40. The van der Waals surface area contributed by atoms with E-state index in [2.05, 4.69) is 26.2 Å². The number of hydrogen-bond acceptors (Lipinski definition) is 3. The van der Waals surface area contributed by atoms with Crippen molar-refractivity contribution in [3.8, 4) is 0 Å². The molecule has 1 amide bonds. The summed E-state index contributed by atoms with van der Waals surface area (Å²) in [5.41, 5.74) is 3.82. The van der Waals surface area contributed by atoms with Gasteiger partial charge in [0, 0.05) is 16.6 Å². The third-order valence-corrected chi connectivity index (χ3v) is 4.67. The fourth-order valence-corrected chi connectivity index (χ4v) is 3.12. The Balaban J connectivity index is 1.66. The van der Waals surface area contributed by atoms with Crippen LogP contribution in [0.2, 0.25) is 0 Å². The fraction of sp³-hybridized carbons (Fsp3) is 0.158. The van der Waals surface area contributed by atoms with Crippen molar-refractivity contribution in [2.45, 2.75) is 13.8 Å². The van der Waals surface area contributed by atoms with Gasteiger partial charge in [-0.3, -0.25) is 4.79 Å². The summed E-state index contributed by atoms with van der Waals surface area (Å²) in [5, 5.41) is 3.64. The Morgan fingerprint density at radius 2 is 1.92 bits per heavy atom. The molecule has 0 unspecified atom stereocenters. The van der Waals surface area contributed by atoms with Gasteiger partial charge < -0.3 is 15.0 Å². The maximum Gasteiger partial charge on any atom is 0.356 e. The van der Waals surface area contributed by atoms with Gasteiger partial charge in [0.05, 0.1) is 4.47 Å². The van der Waals surface area contributed by atoms with Gasteiger partial charge in [-0.05, 0) is 53.0 Å². The van der Waals surface area contributed by atoms with Crippen LogP contribution in [-0.4, -0.2) is 23.5 Å². The number of aromatic nitrogens is 1. The van der Waals surface area contributed by atoms with Gasteiger partial charge in [0.1, 0.15) is 5.69 Å². The van der Waals surface area contributed by atoms with Crippen LogP contribution in [0.3, 0.4) is 0 Å². The number of anilines is 1. The first kappa shape index (κ1) is 17.2. The molecule has 0 saturated carbocycles. The second-order valence-corrected chi connectivity index (χ2v) is 6.60. The van der Waals surface area contributed by atoms with Gasteiger partial charge in [-0.25, -0.2) is 4.79 Å². The van der Waals surface area contributed by atoms with Gasteiger partial charge in [-0.2, -0.15) is 0 Å². The molecule has 2 aromatic carbocycles. The van der Waals surface area contributed by atoms with E-state index < -0.39 is 5.97 Å². The first-order chi connectivity index (χ1) is 12.0. The largest absolute Gasteiger partial charge is 0.451 e. The zero-order chi connectivity index (χ0) is 18.0. The maximum absolute atomic E-state index is 12.2. The minimum absolute atomic E-state index is 0.292. The number of halogens is 1. The van der Waals surface area contributed by atoms with Crippen molar-refractivity contribution in [1.29, 1.82) is 0 Å². The number of rotatable bonds is 4. The monoisotopic (exact) mass is 400 g/mol. The van der Waals surface area contributed by atoms with E-state index >= 15 is 0 Å². The molecule has 2 N–H and O–H groups in total. The number of carbonyl (C=O) groups excluding carboxylic acids is 2. The molecule has 0 radical (unpaired) electrons. The van der Waals surface area contributed by atoms with E-state index in [9.17, 15) is 9.59 Å². The number of para-hydroxylation sites is 1. The smallest absolute Gasteiger partial charge is 0.356 e. The lowest BCUT2D eigenvalue weighted by molar-refractivity contribution is -0.119. The second-order valence-electron chi connectivity index (χ2n) is 5.80. The lowest BCUT2D eigenvalue weighted by Crippen LogP contribution is -2.21. The van der Waals surface area contributed by atoms with Crippen molar-refractivity contribution in [2.75, 3.05) is 11.9 Å². The summed E-state index contributed by atoms with van der Waals surface area (Å²) in [6, 6.07) is 13.3. The molecule has 0 aliphatic rings. The Morgan fingerprint density at radius 3 is 2.68 bits per heavy atom. The first-order valence-corrected chi connectivity index (χ1v) is 8.55. The summed E-state index contributed by atoms with van der Waals surface area (Å²) < 4.78 is 5.76. The summed E-state index contributed by atoms with van der Waals surface area (Å²) in [6.45, 7) is 3.50. The molecule has 5 nitrogen and oxygen atoms in total. The third kappa shape index (κ3) is 3.74. The zero-order valence-electron chi connectivity index (χ0n) is 13.9. The highest BCUT2D eigenvalue weighted by Crippen LogP contribution is 2.28. The van der Waals surface area contributed by atoms with E-state index in [0.717, 1.165) is 22.0 Å². The molecule has 6 heteroatoms. The minimum atomic E-state index is -0.584. The van der Waals surface area contributed by atoms with Crippen LogP contribution < -0.4 is 5.32 Å². The molecule has 0 aliphatic heterocycles. The first-order valence-electron chi connectivity index (χ1n) is 7.76. The van der Waals surface area contributed by atoms with Crippen LogP contribution in [0.4, 0.5) is 5.69 Å². The Labute approximate surface area is 153 Å². The van der Waals surface area contributed by atoms with E-state index in [-0.39, 0.29) is 12.5 Å². The number of H-pyrrole nitrogens is 1. The van der Waals surface area contributed by atoms with E-state index in [4.69, 9.17) is 4.74 Å². The van der Waals surface area contributed by atoms with Crippen LogP contribution in [0.15, 0.2) is 46.9 Å². The van der Waals surface area contributed by atoms with Crippen LogP contribution in [0.5, 0.6) is 0 Å². The zero-order valence-corrected chi connectivity index (χ0v) is 15.4. The number of amides is 1. The predicted molar refractivity (Wildman–Crippen MR) is 101 cm³/mol. The Bertz CT molecular complexity index is 962. The number of carbonyl (C=O) groups is 2. The molecule has 0 aliphatic carbocycles. The Morgan fingerprint density at radius 1 is 1.16 bits per heavy atom. The van der Waals surface area contributed by atoms with Gasteiger partial charge in [-0.1, -0.05) is 30.3 Å². The van der Waals surface area contributed by atoms with Crippen molar-refractivity contribution >= 4 is 44.4 Å². The van der Waals surface area contributed by atoms with Gasteiger partial charge in [0.2, 0.25) is 0 Å². The van der Waals surface area contributed by atoms with Crippen molar-refractivity contribution < 1.29 is 14.3 Å². The molecule has 1 aromatic heterocycles. The molecule has 25 heavy (non-hydrogen) atoms. The number of aromatic amines is 1. The summed E-state index contributed by atoms with van der Waals surface area (Å²) in [7, 11) is 0. The molecule has 3 rings (SSSR count). The van der Waals surface area contributed by atoms with E-state index in [1.807, 2.05) is 56.3 Å². The SMILES string of the molecule is Cc1ccc(C)c(NC(=O)COC(=O)c2[nH]c3ccccc3c2Br)c1. The third-order valence-electron chi connectivity index (χ3n) is 3.85. The average molecular weight is 401 g/mol. The molecule has 0 atom stereocenters. The molecule has 0 spiro atoms. The molecule has 3 aromatic rings. The van der Waals surface area contributed by atoms with Gasteiger partial charge in [-0.15, -0.1) is 0 Å². The van der Waals surface area contributed by atoms with Crippen LogP contribution in [0.1, 0.15) is 21.6 Å². The highest BCUT2D eigenvalue weighted by molar-refractivity contribution is 9.10. The van der Waals surface area contributed by atoms with E-state index in [1.165, 1.54) is 0 Å². The number of fused-ring (bicyclic) bond motifs is 1. The highest BCUT2D eigenvalue weighted by atomic mass is 79.9. The number of aryl methyl sites for hydroxylation is 2. The molecule has 0 saturated heterocycles. The number of nitrogens with one attached hydrogen (secondary N) is 2. The lowest BCUT2D eigenvalue weighted by atomic mass is 10.1. The number of benzene rings is 2. The Hall–Kier alpha value is -2.60. The predicted octanol–water partition coefficient (Wildman–Crippen LogP) is 4.34. The van der Waals surface area contributed by atoms with Crippen LogP contribution in [0, 0.1) is 13.8 Å². The van der Waals surface area contributed by atoms with Gasteiger partial charge in [0.25, 0.3) is 5.91 Å². The van der Waals surface area contributed by atoms with Crippen molar-refractivity contribution in [3.05, 3.63) is 63.8 Å². The molecular weight excluding hydrogens is 384 g/mol. The van der Waals surface area contributed by atoms with Crippen molar-refractivity contribution in [1.82, 2.24) is 4.98 Å². The number of ether oxygens (including phenoxy) is 1. The molecule has 0 fully saturated rings. The van der Waals surface area contributed by atoms with Crippen LogP contribution in [0.25, 0.3) is 10.9 Å². The van der Waals surface area contributed by atoms with Gasteiger partial charge in [0.15, 0.2) is 6.61 Å². The Kier molecular flexibility index (Phi) is 4.90. The van der Waals surface area contributed by atoms with E-state index in [0.29, 0.717) is 15.9 Å². The average Bonchev–Trinajstić information content (AvgIpc) is 2.93. The van der Waals surface area contributed by atoms with Crippen molar-refractivity contribution in [3.63, 3.8) is 0 Å². The van der Waals surface area contributed by atoms with Crippen molar-refractivity contribution in [2.24, 2.45) is 0 Å². The van der Waals surface area contributed by atoms with E-state index in [1.54, 1.807) is 0 Å². The molecule has 128 valence electrons.